The summed E-state index contributed by atoms with van der Waals surface area (Å²) in [6.45, 7) is 10.7. The molecule has 1 aromatic rings. The summed E-state index contributed by atoms with van der Waals surface area (Å²) >= 11 is 0. The summed E-state index contributed by atoms with van der Waals surface area (Å²) in [5.41, 5.74) is 2.79. The third-order valence-electron chi connectivity index (χ3n) is 7.54. The summed E-state index contributed by atoms with van der Waals surface area (Å²) in [5.74, 6) is 0.635. The van der Waals surface area contributed by atoms with Crippen LogP contribution in [0.2, 0.25) is 0 Å². The largest absolute Gasteiger partial charge is 0.396 e. The lowest BCUT2D eigenvalue weighted by molar-refractivity contribution is -0.143. The molecule has 33 heavy (non-hydrogen) atoms. The van der Waals surface area contributed by atoms with Crippen molar-refractivity contribution in [3.8, 4) is 0 Å². The zero-order valence-corrected chi connectivity index (χ0v) is 20.5. The van der Waals surface area contributed by atoms with Gasteiger partial charge in [0.15, 0.2) is 0 Å². The van der Waals surface area contributed by atoms with E-state index in [1.807, 2.05) is 22.8 Å². The van der Waals surface area contributed by atoms with Gasteiger partial charge in [-0.15, -0.1) is 0 Å². The lowest BCUT2D eigenvalue weighted by Crippen LogP contribution is -2.51. The van der Waals surface area contributed by atoms with Crippen LogP contribution in [0.1, 0.15) is 64.9 Å². The van der Waals surface area contributed by atoms with Gasteiger partial charge < -0.3 is 25.0 Å². The summed E-state index contributed by atoms with van der Waals surface area (Å²) in [5, 5.41) is 13.4. The maximum Gasteiger partial charge on any atom is 0.230 e. The Morgan fingerprint density at radius 3 is 2.55 bits per heavy atom. The minimum absolute atomic E-state index is 0.00957. The third-order valence-corrected chi connectivity index (χ3v) is 7.54. The average Bonchev–Trinajstić information content (AvgIpc) is 3.61. The molecule has 2 amide bonds. The molecular weight excluding hydrogens is 418 g/mol. The molecule has 4 rings (SSSR count). The molecule has 3 unspecified atom stereocenters. The highest BCUT2D eigenvalue weighted by Gasteiger charge is 2.40. The number of hydrogen-bond donors (Lipinski definition) is 2. The van der Waals surface area contributed by atoms with E-state index in [0.717, 1.165) is 43.6 Å². The van der Waals surface area contributed by atoms with Crippen molar-refractivity contribution in [2.45, 2.75) is 71.4 Å². The SMILES string of the molecule is CCC(CNC(C)CC1(CO)COC1)c1ccc2c(c1)N(C(=O)C1CC1)CC(C)N2C(C)=O. The van der Waals surface area contributed by atoms with Crippen LogP contribution in [-0.4, -0.2) is 61.9 Å². The smallest absolute Gasteiger partial charge is 0.230 e. The molecule has 1 aliphatic carbocycles. The molecule has 2 fully saturated rings. The van der Waals surface area contributed by atoms with Gasteiger partial charge >= 0.3 is 0 Å². The lowest BCUT2D eigenvalue weighted by atomic mass is 9.80. The van der Waals surface area contributed by atoms with Gasteiger partial charge in [-0.2, -0.15) is 0 Å². The Bertz CT molecular complexity index is 875. The van der Waals surface area contributed by atoms with Gasteiger partial charge in [0.2, 0.25) is 11.8 Å². The molecule has 0 aromatic heterocycles. The summed E-state index contributed by atoms with van der Waals surface area (Å²) in [7, 11) is 0. The first kappa shape index (κ1) is 24.2. The molecule has 1 aromatic carbocycles. The number of amides is 2. The Kier molecular flexibility index (Phi) is 7.12. The zero-order chi connectivity index (χ0) is 23.8. The first-order valence-corrected chi connectivity index (χ1v) is 12.5. The number of nitrogens with one attached hydrogen (secondary N) is 1. The second-order valence-electron chi connectivity index (χ2n) is 10.5. The Hall–Kier alpha value is -1.96. The molecule has 3 aliphatic rings. The minimum Gasteiger partial charge on any atom is -0.396 e. The van der Waals surface area contributed by atoms with Gasteiger partial charge in [-0.3, -0.25) is 9.59 Å². The fourth-order valence-corrected chi connectivity index (χ4v) is 5.36. The van der Waals surface area contributed by atoms with Gasteiger partial charge in [0.05, 0.1) is 37.2 Å². The lowest BCUT2D eigenvalue weighted by Gasteiger charge is -2.42. The first-order valence-electron chi connectivity index (χ1n) is 12.5. The molecule has 7 heteroatoms. The summed E-state index contributed by atoms with van der Waals surface area (Å²) in [6, 6.07) is 6.50. The molecule has 1 saturated carbocycles. The molecule has 1 saturated heterocycles. The standard InChI is InChI=1S/C26H39N3O4/c1-5-20(12-27-17(2)11-26(14-30)15-33-16-26)22-8-9-23-24(10-22)28(25(32)21-6-7-21)13-18(3)29(23)19(4)31/h8-10,17-18,20-21,27,30H,5-7,11-16H2,1-4H3. The normalized spacial score (nSPS) is 23.5. The number of fused-ring (bicyclic) bond motifs is 1. The van der Waals surface area contributed by atoms with E-state index in [0.29, 0.717) is 25.7 Å². The van der Waals surface area contributed by atoms with E-state index < -0.39 is 0 Å². The second kappa shape index (κ2) is 9.72. The molecule has 2 heterocycles. The van der Waals surface area contributed by atoms with Crippen molar-refractivity contribution in [3.05, 3.63) is 23.8 Å². The molecule has 0 radical (unpaired) electrons. The van der Waals surface area contributed by atoms with Crippen LogP contribution in [0.3, 0.4) is 0 Å². The van der Waals surface area contributed by atoms with Crippen LogP contribution in [-0.2, 0) is 14.3 Å². The van der Waals surface area contributed by atoms with Crippen molar-refractivity contribution in [2.24, 2.45) is 11.3 Å². The highest BCUT2D eigenvalue weighted by atomic mass is 16.5. The van der Waals surface area contributed by atoms with Crippen LogP contribution in [0, 0.1) is 11.3 Å². The monoisotopic (exact) mass is 457 g/mol. The van der Waals surface area contributed by atoms with Crippen molar-refractivity contribution >= 4 is 23.2 Å². The summed E-state index contributed by atoms with van der Waals surface area (Å²) < 4.78 is 5.33. The number of benzene rings is 1. The number of carbonyl (C=O) groups is 2. The van der Waals surface area contributed by atoms with Crippen LogP contribution < -0.4 is 15.1 Å². The third kappa shape index (κ3) is 4.96. The number of aliphatic hydroxyl groups excluding tert-OH is 1. The second-order valence-corrected chi connectivity index (χ2v) is 10.5. The average molecular weight is 458 g/mol. The number of carbonyl (C=O) groups excluding carboxylic acids is 2. The highest BCUT2D eigenvalue weighted by molar-refractivity contribution is 6.05. The van der Waals surface area contributed by atoms with Crippen molar-refractivity contribution in [3.63, 3.8) is 0 Å². The van der Waals surface area contributed by atoms with E-state index in [2.05, 4.69) is 31.3 Å². The van der Waals surface area contributed by atoms with Crippen LogP contribution in [0.25, 0.3) is 0 Å². The number of nitrogens with zero attached hydrogens (tertiary/aromatic N) is 2. The van der Waals surface area contributed by atoms with E-state index in [9.17, 15) is 14.7 Å². The summed E-state index contributed by atoms with van der Waals surface area (Å²) in [4.78, 5) is 29.2. The van der Waals surface area contributed by atoms with Crippen LogP contribution in [0.15, 0.2) is 18.2 Å². The van der Waals surface area contributed by atoms with E-state index in [-0.39, 0.29) is 41.8 Å². The molecule has 7 nitrogen and oxygen atoms in total. The number of hydrogen-bond acceptors (Lipinski definition) is 5. The molecule has 0 spiro atoms. The number of aliphatic hydroxyl groups is 1. The van der Waals surface area contributed by atoms with Crippen LogP contribution in [0.5, 0.6) is 0 Å². The van der Waals surface area contributed by atoms with Crippen molar-refractivity contribution < 1.29 is 19.4 Å². The van der Waals surface area contributed by atoms with Crippen molar-refractivity contribution in [1.82, 2.24) is 5.32 Å². The minimum atomic E-state index is -0.101. The topological polar surface area (TPSA) is 82.1 Å². The number of rotatable bonds is 9. The fourth-order valence-electron chi connectivity index (χ4n) is 5.36. The zero-order valence-electron chi connectivity index (χ0n) is 20.5. The van der Waals surface area contributed by atoms with Gasteiger partial charge in [0, 0.05) is 37.4 Å². The van der Waals surface area contributed by atoms with Gasteiger partial charge in [-0.1, -0.05) is 13.0 Å². The molecule has 0 bridgehead atoms. The molecule has 182 valence electrons. The molecule has 2 N–H and O–H groups in total. The van der Waals surface area contributed by atoms with Crippen molar-refractivity contribution in [2.75, 3.05) is 42.7 Å². The van der Waals surface area contributed by atoms with E-state index >= 15 is 0 Å². The van der Waals surface area contributed by atoms with E-state index in [1.54, 1.807) is 6.92 Å². The fraction of sp³-hybridized carbons (Fsp3) is 0.692. The van der Waals surface area contributed by atoms with E-state index in [4.69, 9.17) is 4.74 Å². The van der Waals surface area contributed by atoms with E-state index in [1.165, 1.54) is 5.56 Å². The van der Waals surface area contributed by atoms with Gasteiger partial charge in [-0.05, 0) is 63.1 Å². The van der Waals surface area contributed by atoms with Crippen molar-refractivity contribution in [1.29, 1.82) is 0 Å². The maximum absolute atomic E-state index is 13.1. The van der Waals surface area contributed by atoms with Crippen LogP contribution in [0.4, 0.5) is 11.4 Å². The Labute approximate surface area is 197 Å². The molecule has 3 atom stereocenters. The quantitative estimate of drug-likeness (QED) is 0.596. The Balaban J connectivity index is 1.53. The number of ether oxygens (including phenoxy) is 1. The molecule has 2 aliphatic heterocycles. The predicted octanol–water partition coefficient (Wildman–Crippen LogP) is 3.06. The Morgan fingerprint density at radius 2 is 2.00 bits per heavy atom. The highest BCUT2D eigenvalue weighted by Crippen LogP contribution is 2.41. The van der Waals surface area contributed by atoms with Gasteiger partial charge in [0.25, 0.3) is 0 Å². The van der Waals surface area contributed by atoms with Gasteiger partial charge in [0.1, 0.15) is 0 Å². The predicted molar refractivity (Wildman–Crippen MR) is 130 cm³/mol. The first-order chi connectivity index (χ1) is 15.8. The summed E-state index contributed by atoms with van der Waals surface area (Å²) in [6.07, 6.45) is 3.79. The van der Waals surface area contributed by atoms with Gasteiger partial charge in [-0.25, -0.2) is 0 Å². The Morgan fingerprint density at radius 1 is 1.27 bits per heavy atom. The van der Waals surface area contributed by atoms with Crippen LogP contribution >= 0.6 is 0 Å². The number of anilines is 2. The molecular formula is C26H39N3O4. The maximum atomic E-state index is 13.1.